The predicted octanol–water partition coefficient (Wildman–Crippen LogP) is 3.03. The minimum absolute atomic E-state index is 0.117. The lowest BCUT2D eigenvalue weighted by atomic mass is 9.92. The first kappa shape index (κ1) is 26.6. The first-order valence-electron chi connectivity index (χ1n) is 12.6. The molecule has 0 spiro atoms. The third kappa shape index (κ3) is 7.73. The van der Waals surface area contributed by atoms with Gasteiger partial charge in [0.15, 0.2) is 0 Å². The van der Waals surface area contributed by atoms with Crippen molar-refractivity contribution >= 4 is 0 Å². The van der Waals surface area contributed by atoms with Crippen LogP contribution in [0.3, 0.4) is 0 Å². The average Bonchev–Trinajstić information content (AvgIpc) is 3.45. The van der Waals surface area contributed by atoms with Crippen molar-refractivity contribution in [3.05, 3.63) is 93.2 Å². The Morgan fingerprint density at radius 3 is 2.51 bits per heavy atom. The maximum absolute atomic E-state index is 13.0. The number of alkyl halides is 1. The van der Waals surface area contributed by atoms with Crippen LogP contribution in [0.1, 0.15) is 47.2 Å². The molecule has 2 aromatic carbocycles. The Balaban J connectivity index is 1.41. The van der Waals surface area contributed by atoms with Crippen molar-refractivity contribution in [2.75, 3.05) is 26.4 Å². The Labute approximate surface area is 216 Å². The smallest absolute Gasteiger partial charge is 0.293 e. The molecule has 2 heterocycles. The van der Waals surface area contributed by atoms with E-state index in [0.29, 0.717) is 24.7 Å². The Bertz CT molecular complexity index is 1260. The van der Waals surface area contributed by atoms with Crippen LogP contribution in [0.15, 0.2) is 59.7 Å². The Morgan fingerprint density at radius 2 is 1.86 bits per heavy atom. The lowest BCUT2D eigenvalue weighted by molar-refractivity contribution is 0.190. The number of hydrogen-bond donors (Lipinski definition) is 4. The molecule has 4 rings (SSSR count). The van der Waals surface area contributed by atoms with E-state index in [-0.39, 0.29) is 17.7 Å². The number of aromatic hydroxyl groups is 1. The van der Waals surface area contributed by atoms with Crippen molar-refractivity contribution in [3.8, 4) is 17.6 Å². The van der Waals surface area contributed by atoms with Crippen LogP contribution in [-0.2, 0) is 17.7 Å². The molecule has 1 saturated heterocycles. The van der Waals surface area contributed by atoms with Crippen LogP contribution in [-0.4, -0.2) is 53.6 Å². The van der Waals surface area contributed by atoms with Gasteiger partial charge in [0, 0.05) is 55.2 Å². The second-order valence-electron chi connectivity index (χ2n) is 9.40. The van der Waals surface area contributed by atoms with Crippen molar-refractivity contribution in [1.82, 2.24) is 20.6 Å². The van der Waals surface area contributed by atoms with Crippen LogP contribution >= 0.6 is 0 Å². The van der Waals surface area contributed by atoms with E-state index in [0.717, 1.165) is 42.9 Å². The zero-order chi connectivity index (χ0) is 26.0. The van der Waals surface area contributed by atoms with Gasteiger partial charge in [0.2, 0.25) is 5.75 Å². The lowest BCUT2D eigenvalue weighted by Gasteiger charge is -2.20. The molecule has 1 aromatic heterocycles. The summed E-state index contributed by atoms with van der Waals surface area (Å²) in [7, 11) is 0. The topological polar surface area (TPSA) is 99.3 Å². The lowest BCUT2D eigenvalue weighted by Crippen LogP contribution is -2.32. The van der Waals surface area contributed by atoms with E-state index >= 15 is 0 Å². The van der Waals surface area contributed by atoms with Crippen LogP contribution < -0.4 is 16.2 Å². The molecule has 1 fully saturated rings. The molecule has 37 heavy (non-hydrogen) atoms. The number of hydrogen-bond acceptors (Lipinski definition) is 6. The van der Waals surface area contributed by atoms with Gasteiger partial charge in [0.25, 0.3) is 5.56 Å². The van der Waals surface area contributed by atoms with E-state index in [1.165, 1.54) is 11.9 Å². The maximum Gasteiger partial charge on any atom is 0.293 e. The first-order chi connectivity index (χ1) is 18.0. The molecule has 4 N–H and O–H groups in total. The molecule has 0 saturated carbocycles. The molecular weight excluding hydrogens is 471 g/mol. The van der Waals surface area contributed by atoms with Crippen LogP contribution in [0, 0.1) is 11.8 Å². The number of nitrogens with one attached hydrogen (secondary N) is 3. The molecular formula is C29H33FN4O3. The minimum Gasteiger partial charge on any atom is -0.502 e. The molecule has 0 bridgehead atoms. The highest BCUT2D eigenvalue weighted by Gasteiger charge is 2.18. The second-order valence-corrected chi connectivity index (χ2v) is 9.40. The fourth-order valence-electron chi connectivity index (χ4n) is 4.16. The summed E-state index contributed by atoms with van der Waals surface area (Å²) in [5.74, 6) is 5.91. The number of H-pyrrole nitrogens is 1. The minimum atomic E-state index is -0.577. The zero-order valence-corrected chi connectivity index (χ0v) is 21.0. The summed E-state index contributed by atoms with van der Waals surface area (Å²) < 4.78 is 18.4. The second kappa shape index (κ2) is 13.2. The van der Waals surface area contributed by atoms with Gasteiger partial charge in [0.1, 0.15) is 6.67 Å². The maximum atomic E-state index is 13.0. The number of rotatable bonds is 10. The molecule has 1 unspecified atom stereocenters. The van der Waals surface area contributed by atoms with E-state index in [1.807, 2.05) is 36.4 Å². The van der Waals surface area contributed by atoms with Gasteiger partial charge in [-0.1, -0.05) is 36.1 Å². The summed E-state index contributed by atoms with van der Waals surface area (Å²) in [5, 5.41) is 16.8. The van der Waals surface area contributed by atoms with Crippen LogP contribution in [0.25, 0.3) is 0 Å². The summed E-state index contributed by atoms with van der Waals surface area (Å²) in [6, 6.07) is 16.2. The van der Waals surface area contributed by atoms with E-state index in [1.54, 1.807) is 6.92 Å². The Kier molecular flexibility index (Phi) is 9.44. The standard InChI is InChI=1S/C29H33FN4O3/c1-20(15-30)31-17-25(14-27-28(35)29(36)34-19-33-27)24-10-8-22(9-11-24)3-2-21-4-6-23(7-5-21)16-32-26-12-13-37-18-26/h4-11,19-20,25-26,31-32,35H,12-18H2,1H3,(H,33,34,36)/t20-,25?,26-/m0/s1. The van der Waals surface area contributed by atoms with Crippen molar-refractivity contribution in [1.29, 1.82) is 0 Å². The summed E-state index contributed by atoms with van der Waals surface area (Å²) in [6.45, 7) is 4.18. The summed E-state index contributed by atoms with van der Waals surface area (Å²) in [6.07, 6.45) is 2.67. The van der Waals surface area contributed by atoms with Crippen molar-refractivity contribution < 1.29 is 14.2 Å². The molecule has 7 nitrogen and oxygen atoms in total. The van der Waals surface area contributed by atoms with Gasteiger partial charge in [0.05, 0.1) is 18.6 Å². The van der Waals surface area contributed by atoms with Crippen LogP contribution in [0.2, 0.25) is 0 Å². The SMILES string of the molecule is C[C@@H](CF)NCC(Cc1nc[nH]c(=O)c1O)c1ccc(C#Cc2ccc(CN[C@H]3CCOC3)cc2)cc1. The van der Waals surface area contributed by atoms with E-state index < -0.39 is 12.2 Å². The van der Waals surface area contributed by atoms with Gasteiger partial charge in [-0.3, -0.25) is 4.79 Å². The molecule has 1 aliphatic rings. The molecule has 3 atom stereocenters. The number of aromatic amines is 1. The monoisotopic (exact) mass is 504 g/mol. The van der Waals surface area contributed by atoms with Gasteiger partial charge in [-0.05, 0) is 48.7 Å². The number of ether oxygens (including phenoxy) is 1. The summed E-state index contributed by atoms with van der Waals surface area (Å²) >= 11 is 0. The molecule has 8 heteroatoms. The largest absolute Gasteiger partial charge is 0.502 e. The van der Waals surface area contributed by atoms with Crippen molar-refractivity contribution in [2.24, 2.45) is 0 Å². The molecule has 194 valence electrons. The number of halogens is 1. The predicted molar refractivity (Wildman–Crippen MR) is 141 cm³/mol. The zero-order valence-electron chi connectivity index (χ0n) is 21.0. The molecule has 3 aromatic rings. The number of benzene rings is 2. The van der Waals surface area contributed by atoms with Crippen LogP contribution in [0.5, 0.6) is 5.75 Å². The Morgan fingerprint density at radius 1 is 1.16 bits per heavy atom. The fourth-order valence-corrected chi connectivity index (χ4v) is 4.16. The average molecular weight is 505 g/mol. The van der Waals surface area contributed by atoms with Gasteiger partial charge in [-0.2, -0.15) is 0 Å². The molecule has 1 aliphatic heterocycles. The fraction of sp³-hybridized carbons (Fsp3) is 0.379. The third-order valence-corrected chi connectivity index (χ3v) is 6.50. The molecule has 0 aliphatic carbocycles. The van der Waals surface area contributed by atoms with Crippen molar-refractivity contribution in [3.63, 3.8) is 0 Å². The normalized spacial score (nSPS) is 16.6. The van der Waals surface area contributed by atoms with Crippen LogP contribution in [0.4, 0.5) is 4.39 Å². The number of aromatic nitrogens is 2. The summed E-state index contributed by atoms with van der Waals surface area (Å²) in [4.78, 5) is 18.3. The van der Waals surface area contributed by atoms with Gasteiger partial charge in [-0.25, -0.2) is 9.37 Å². The highest BCUT2D eigenvalue weighted by molar-refractivity contribution is 5.44. The molecule has 0 radical (unpaired) electrons. The van der Waals surface area contributed by atoms with Gasteiger partial charge in [-0.15, -0.1) is 0 Å². The van der Waals surface area contributed by atoms with E-state index in [2.05, 4.69) is 44.6 Å². The first-order valence-corrected chi connectivity index (χ1v) is 12.6. The highest BCUT2D eigenvalue weighted by atomic mass is 19.1. The Hall–Kier alpha value is -3.51. The number of nitrogens with zero attached hydrogens (tertiary/aromatic N) is 1. The van der Waals surface area contributed by atoms with Gasteiger partial charge < -0.3 is 25.5 Å². The third-order valence-electron chi connectivity index (χ3n) is 6.50. The van der Waals surface area contributed by atoms with Gasteiger partial charge >= 0.3 is 0 Å². The summed E-state index contributed by atoms with van der Waals surface area (Å²) in [5.41, 5.74) is 3.74. The van der Waals surface area contributed by atoms with E-state index in [9.17, 15) is 14.3 Å². The van der Waals surface area contributed by atoms with Crippen molar-refractivity contribution in [2.45, 2.75) is 44.3 Å². The van der Waals surface area contributed by atoms with E-state index in [4.69, 9.17) is 4.74 Å². The quantitative estimate of drug-likeness (QED) is 0.317. The molecule has 0 amide bonds. The highest BCUT2D eigenvalue weighted by Crippen LogP contribution is 2.23.